The zero-order valence-electron chi connectivity index (χ0n) is 24.2. The molecule has 0 radical (unpaired) electrons. The van der Waals surface area contributed by atoms with Crippen LogP contribution < -0.4 is 16.0 Å². The van der Waals surface area contributed by atoms with Gasteiger partial charge in [-0.3, -0.25) is 9.59 Å². The Morgan fingerprint density at radius 1 is 0.837 bits per heavy atom. The second kappa shape index (κ2) is 13.6. The summed E-state index contributed by atoms with van der Waals surface area (Å²) in [6.07, 6.45) is 0.967. The van der Waals surface area contributed by atoms with Crippen molar-refractivity contribution >= 4 is 40.8 Å². The largest absolute Gasteiger partial charge is 0.326 e. The summed E-state index contributed by atoms with van der Waals surface area (Å²) >= 11 is 6.30. The monoisotopic (exact) mass is 594 g/mol. The molecule has 0 aliphatic carbocycles. The third-order valence-electron chi connectivity index (χ3n) is 7.84. The number of amides is 4. The van der Waals surface area contributed by atoms with Gasteiger partial charge in [0, 0.05) is 5.69 Å². The van der Waals surface area contributed by atoms with E-state index in [0.29, 0.717) is 29.2 Å². The number of anilines is 2. The normalized spacial score (nSPS) is 18.4. The molecule has 7 nitrogen and oxygen atoms in total. The fraction of sp³-hybridized carbons (Fsp3) is 0.229. The van der Waals surface area contributed by atoms with E-state index in [4.69, 9.17) is 11.6 Å². The summed E-state index contributed by atoms with van der Waals surface area (Å²) in [7, 11) is 0. The second-order valence-electron chi connectivity index (χ2n) is 11.0. The number of benzene rings is 4. The van der Waals surface area contributed by atoms with Crippen LogP contribution in [0, 0.1) is 13.8 Å². The summed E-state index contributed by atoms with van der Waals surface area (Å²) in [4.78, 5) is 42.6. The summed E-state index contributed by atoms with van der Waals surface area (Å²) in [5, 5.41) is 9.05. The minimum Gasteiger partial charge on any atom is -0.326 e. The van der Waals surface area contributed by atoms with Crippen molar-refractivity contribution in [3.05, 3.63) is 130 Å². The Balaban J connectivity index is 1.49. The lowest BCUT2D eigenvalue weighted by Crippen LogP contribution is -2.51. The average molecular weight is 595 g/mol. The standard InChI is InChI=1S/C35H35ClN4O3/c1-23-11-10-15-27(19-23)37-35(43)39-31-20-26(28-16-7-6-12-24(28)2)21-32(25-13-4-3-5-14-25)40(34(31)42)22-33(41)38-30-18-9-8-17-29(30)36/h3-19,26,31-32H,20-22H2,1-2H3,(H,38,41)(H2,37,39,43)/t26-,31+,32+/m0/s1. The molecule has 0 bridgehead atoms. The van der Waals surface area contributed by atoms with Crippen molar-refractivity contribution in [2.75, 3.05) is 17.2 Å². The summed E-state index contributed by atoms with van der Waals surface area (Å²) in [5.74, 6) is -0.755. The summed E-state index contributed by atoms with van der Waals surface area (Å²) in [6.45, 7) is 3.79. The molecule has 0 saturated carbocycles. The van der Waals surface area contributed by atoms with Crippen molar-refractivity contribution in [2.45, 2.75) is 44.7 Å². The van der Waals surface area contributed by atoms with E-state index in [1.54, 1.807) is 35.2 Å². The number of likely N-dealkylation sites (tertiary alicyclic amines) is 1. The number of para-hydroxylation sites is 1. The third-order valence-corrected chi connectivity index (χ3v) is 8.17. The Morgan fingerprint density at radius 3 is 2.30 bits per heavy atom. The van der Waals surface area contributed by atoms with Gasteiger partial charge in [0.15, 0.2) is 0 Å². The number of carbonyl (C=O) groups is 3. The Kier molecular flexibility index (Phi) is 9.42. The molecule has 4 aromatic rings. The summed E-state index contributed by atoms with van der Waals surface area (Å²) < 4.78 is 0. The van der Waals surface area contributed by atoms with Crippen molar-refractivity contribution in [1.29, 1.82) is 0 Å². The number of halogens is 1. The molecule has 1 aliphatic heterocycles. The first-order valence-electron chi connectivity index (χ1n) is 14.4. The van der Waals surface area contributed by atoms with Crippen LogP contribution in [0.1, 0.15) is 47.1 Å². The van der Waals surface area contributed by atoms with Gasteiger partial charge in [0.05, 0.1) is 16.8 Å². The van der Waals surface area contributed by atoms with Gasteiger partial charge in [-0.25, -0.2) is 4.79 Å². The van der Waals surface area contributed by atoms with E-state index in [0.717, 1.165) is 22.3 Å². The quantitative estimate of drug-likeness (QED) is 0.211. The van der Waals surface area contributed by atoms with Gasteiger partial charge in [0.1, 0.15) is 12.6 Å². The molecule has 1 heterocycles. The first kappa shape index (κ1) is 29.9. The number of hydrogen-bond acceptors (Lipinski definition) is 3. The zero-order valence-corrected chi connectivity index (χ0v) is 25.0. The van der Waals surface area contributed by atoms with Crippen molar-refractivity contribution in [1.82, 2.24) is 10.2 Å². The number of nitrogens with one attached hydrogen (secondary N) is 3. The molecule has 0 unspecified atom stereocenters. The lowest BCUT2D eigenvalue weighted by Gasteiger charge is -2.32. The number of hydrogen-bond donors (Lipinski definition) is 3. The molecule has 43 heavy (non-hydrogen) atoms. The van der Waals surface area contributed by atoms with E-state index in [9.17, 15) is 14.4 Å². The fourth-order valence-corrected chi connectivity index (χ4v) is 5.97. The van der Waals surface area contributed by atoms with Crippen LogP contribution in [-0.2, 0) is 9.59 Å². The highest BCUT2D eigenvalue weighted by Gasteiger charge is 2.40. The molecule has 3 atom stereocenters. The fourth-order valence-electron chi connectivity index (χ4n) is 5.79. The number of carbonyl (C=O) groups excluding carboxylic acids is 3. The van der Waals surface area contributed by atoms with Crippen molar-refractivity contribution < 1.29 is 14.4 Å². The van der Waals surface area contributed by atoms with Crippen LogP contribution in [0.25, 0.3) is 0 Å². The van der Waals surface area contributed by atoms with Crippen molar-refractivity contribution in [3.8, 4) is 0 Å². The van der Waals surface area contributed by atoms with Gasteiger partial charge in [0.2, 0.25) is 11.8 Å². The molecule has 1 saturated heterocycles. The zero-order chi connectivity index (χ0) is 30.3. The number of aryl methyl sites for hydroxylation is 2. The number of rotatable bonds is 7. The Hall–Kier alpha value is -4.62. The van der Waals surface area contributed by atoms with Gasteiger partial charge in [-0.2, -0.15) is 0 Å². The molecule has 3 N–H and O–H groups in total. The Labute approximate surface area is 257 Å². The molecule has 0 aromatic heterocycles. The highest BCUT2D eigenvalue weighted by atomic mass is 35.5. The van der Waals surface area contributed by atoms with Gasteiger partial charge >= 0.3 is 6.03 Å². The van der Waals surface area contributed by atoms with Gasteiger partial charge in [-0.15, -0.1) is 0 Å². The van der Waals surface area contributed by atoms with Crippen molar-refractivity contribution in [2.24, 2.45) is 0 Å². The van der Waals surface area contributed by atoms with E-state index in [1.165, 1.54) is 0 Å². The van der Waals surface area contributed by atoms with Crippen LogP contribution in [0.2, 0.25) is 5.02 Å². The molecule has 1 fully saturated rings. The smallest absolute Gasteiger partial charge is 0.319 e. The van der Waals surface area contributed by atoms with E-state index >= 15 is 0 Å². The molecule has 8 heteroatoms. The van der Waals surface area contributed by atoms with Crippen LogP contribution in [0.5, 0.6) is 0 Å². The van der Waals surface area contributed by atoms with Crippen molar-refractivity contribution in [3.63, 3.8) is 0 Å². The predicted octanol–water partition coefficient (Wildman–Crippen LogP) is 7.23. The van der Waals surface area contributed by atoms with Crippen LogP contribution in [0.4, 0.5) is 16.2 Å². The molecular formula is C35H35ClN4O3. The molecular weight excluding hydrogens is 560 g/mol. The first-order chi connectivity index (χ1) is 20.8. The van der Waals surface area contributed by atoms with Gasteiger partial charge in [-0.05, 0) is 79.1 Å². The van der Waals surface area contributed by atoms with Crippen LogP contribution in [0.15, 0.2) is 103 Å². The van der Waals surface area contributed by atoms with Crippen LogP contribution in [0.3, 0.4) is 0 Å². The minimum atomic E-state index is -0.865. The topological polar surface area (TPSA) is 90.5 Å². The average Bonchev–Trinajstić information content (AvgIpc) is 3.11. The first-order valence-corrected chi connectivity index (χ1v) is 14.8. The van der Waals surface area contributed by atoms with Gasteiger partial charge < -0.3 is 20.9 Å². The van der Waals surface area contributed by atoms with E-state index in [1.807, 2.05) is 67.6 Å². The molecule has 5 rings (SSSR count). The van der Waals surface area contributed by atoms with E-state index < -0.39 is 18.1 Å². The summed E-state index contributed by atoms with van der Waals surface area (Å²) in [5.41, 5.74) is 5.25. The van der Waals surface area contributed by atoms with Gasteiger partial charge in [0.25, 0.3) is 0 Å². The number of nitrogens with zero attached hydrogens (tertiary/aromatic N) is 1. The highest BCUT2D eigenvalue weighted by Crippen LogP contribution is 2.40. The maximum absolute atomic E-state index is 14.4. The minimum absolute atomic E-state index is 0.0590. The second-order valence-corrected chi connectivity index (χ2v) is 11.4. The van der Waals surface area contributed by atoms with Crippen LogP contribution >= 0.6 is 11.6 Å². The summed E-state index contributed by atoms with van der Waals surface area (Å²) in [6, 6.07) is 30.6. The Bertz CT molecular complexity index is 1610. The lowest BCUT2D eigenvalue weighted by molar-refractivity contribution is -0.138. The maximum atomic E-state index is 14.4. The molecule has 1 aliphatic rings. The van der Waals surface area contributed by atoms with E-state index in [2.05, 4.69) is 35.0 Å². The van der Waals surface area contributed by atoms with E-state index in [-0.39, 0.29) is 24.3 Å². The predicted molar refractivity (Wildman–Crippen MR) is 171 cm³/mol. The molecule has 4 amide bonds. The molecule has 4 aromatic carbocycles. The van der Waals surface area contributed by atoms with Gasteiger partial charge in [-0.1, -0.05) is 90.5 Å². The highest BCUT2D eigenvalue weighted by molar-refractivity contribution is 6.33. The molecule has 220 valence electrons. The maximum Gasteiger partial charge on any atom is 0.319 e. The Morgan fingerprint density at radius 2 is 1.56 bits per heavy atom. The SMILES string of the molecule is Cc1cccc(NC(=O)N[C@@H]2C[C@H](c3ccccc3C)C[C@H](c3ccccc3)N(CC(=O)Nc3ccccc3Cl)C2=O)c1. The number of urea groups is 1. The van der Waals surface area contributed by atoms with Crippen LogP contribution in [-0.4, -0.2) is 35.3 Å². The lowest BCUT2D eigenvalue weighted by atomic mass is 9.84. The molecule has 0 spiro atoms. The third kappa shape index (κ3) is 7.43.